The lowest BCUT2D eigenvalue weighted by Gasteiger charge is -2.14. The highest BCUT2D eigenvalue weighted by Gasteiger charge is 2.19. The molecule has 0 amide bonds. The van der Waals surface area contributed by atoms with Crippen LogP contribution in [0.4, 0.5) is 0 Å². The Morgan fingerprint density at radius 1 is 0.724 bits per heavy atom. The van der Waals surface area contributed by atoms with E-state index in [2.05, 4.69) is 0 Å². The largest absolute Gasteiger partial charge is 0.504 e. The molecule has 0 unspecified atom stereocenters. The van der Waals surface area contributed by atoms with Gasteiger partial charge in [-0.25, -0.2) is 9.59 Å². The third kappa shape index (κ3) is 4.90. The number of carboxylic acids is 2. The number of carboxylic acid groups (broad SMARTS) is 2. The molecule has 2 aromatic rings. The van der Waals surface area contributed by atoms with Crippen LogP contribution in [-0.2, 0) is 12.8 Å². The Kier molecular flexibility index (Phi) is 7.30. The topological polar surface area (TPSA) is 134 Å². The van der Waals surface area contributed by atoms with Gasteiger partial charge in [0.15, 0.2) is 23.0 Å². The standard InChI is InChI=1S/C21H24O8/c1-28-18-12(14(20(24)25)8-10-16(18)22)6-4-3-5-7-13-15(21(26)27)9-11-17(23)19(13)29-2/h8-11,22-23H,3-7H2,1-2H3,(H,24,25)(H,26,27). The van der Waals surface area contributed by atoms with E-state index in [9.17, 15) is 30.0 Å². The number of carbonyl (C=O) groups is 2. The van der Waals surface area contributed by atoms with Crippen molar-refractivity contribution < 1.29 is 39.5 Å². The molecule has 0 aliphatic rings. The van der Waals surface area contributed by atoms with Crippen molar-refractivity contribution in [2.45, 2.75) is 32.1 Å². The molecule has 156 valence electrons. The van der Waals surface area contributed by atoms with Crippen LogP contribution in [0.1, 0.15) is 51.1 Å². The number of aromatic hydroxyl groups is 2. The van der Waals surface area contributed by atoms with Gasteiger partial charge in [0.1, 0.15) is 0 Å². The number of methoxy groups -OCH3 is 2. The van der Waals surface area contributed by atoms with Gasteiger partial charge in [0.2, 0.25) is 0 Å². The number of rotatable bonds is 10. The number of phenols is 2. The van der Waals surface area contributed by atoms with Gasteiger partial charge in [0, 0.05) is 11.1 Å². The molecular weight excluding hydrogens is 380 g/mol. The Balaban J connectivity index is 2.09. The maximum absolute atomic E-state index is 11.4. The third-order valence-electron chi connectivity index (χ3n) is 4.70. The Labute approximate surface area is 168 Å². The molecule has 0 aliphatic heterocycles. The maximum Gasteiger partial charge on any atom is 0.336 e. The van der Waals surface area contributed by atoms with Crippen LogP contribution in [-0.4, -0.2) is 46.6 Å². The predicted molar refractivity (Wildman–Crippen MR) is 104 cm³/mol. The summed E-state index contributed by atoms with van der Waals surface area (Å²) in [5.41, 5.74) is 0.979. The third-order valence-corrected chi connectivity index (χ3v) is 4.70. The number of hydrogen-bond acceptors (Lipinski definition) is 6. The van der Waals surface area contributed by atoms with Gasteiger partial charge < -0.3 is 29.9 Å². The van der Waals surface area contributed by atoms with Crippen LogP contribution >= 0.6 is 0 Å². The number of unbranched alkanes of at least 4 members (excludes halogenated alkanes) is 2. The van der Waals surface area contributed by atoms with E-state index in [0.29, 0.717) is 43.2 Å². The molecule has 0 aliphatic carbocycles. The summed E-state index contributed by atoms with van der Waals surface area (Å²) < 4.78 is 10.3. The van der Waals surface area contributed by atoms with Crippen LogP contribution in [0.3, 0.4) is 0 Å². The summed E-state index contributed by atoms with van der Waals surface area (Å²) in [7, 11) is 2.73. The molecule has 0 radical (unpaired) electrons. The van der Waals surface area contributed by atoms with Crippen molar-refractivity contribution in [2.75, 3.05) is 14.2 Å². The summed E-state index contributed by atoms with van der Waals surface area (Å²) in [6.45, 7) is 0. The second-order valence-electron chi connectivity index (χ2n) is 6.46. The second kappa shape index (κ2) is 9.68. The minimum absolute atomic E-state index is 0.0717. The summed E-state index contributed by atoms with van der Waals surface area (Å²) in [6.07, 6.45) is 2.62. The SMILES string of the molecule is COc1c(O)ccc(C(=O)O)c1CCCCCc1c(C(=O)O)ccc(O)c1OC. The molecule has 0 fully saturated rings. The Bertz CT molecular complexity index is 831. The molecule has 29 heavy (non-hydrogen) atoms. The summed E-state index contributed by atoms with van der Waals surface area (Å²) in [4.78, 5) is 22.9. The van der Waals surface area contributed by atoms with Crippen molar-refractivity contribution in [1.29, 1.82) is 0 Å². The van der Waals surface area contributed by atoms with Crippen molar-refractivity contribution in [2.24, 2.45) is 0 Å². The van der Waals surface area contributed by atoms with Gasteiger partial charge >= 0.3 is 11.9 Å². The van der Waals surface area contributed by atoms with Crippen LogP contribution in [0.25, 0.3) is 0 Å². The van der Waals surface area contributed by atoms with Crippen LogP contribution in [0.5, 0.6) is 23.0 Å². The minimum atomic E-state index is -1.10. The Hall–Kier alpha value is -3.42. The number of benzene rings is 2. The smallest absolute Gasteiger partial charge is 0.336 e. The van der Waals surface area contributed by atoms with Gasteiger partial charge in [-0.1, -0.05) is 6.42 Å². The first kappa shape index (κ1) is 21.9. The molecule has 0 spiro atoms. The fourth-order valence-corrected chi connectivity index (χ4v) is 3.36. The Morgan fingerprint density at radius 3 is 1.41 bits per heavy atom. The monoisotopic (exact) mass is 404 g/mol. The molecule has 8 heteroatoms. The number of ether oxygens (including phenoxy) is 2. The van der Waals surface area contributed by atoms with Crippen LogP contribution in [0.2, 0.25) is 0 Å². The Morgan fingerprint density at radius 2 is 1.10 bits per heavy atom. The number of phenolic OH excluding ortho intramolecular Hbond substituents is 2. The fourth-order valence-electron chi connectivity index (χ4n) is 3.36. The summed E-state index contributed by atoms with van der Waals surface area (Å²) in [6, 6.07) is 5.25. The predicted octanol–water partition coefficient (Wildman–Crippen LogP) is 3.47. The van der Waals surface area contributed by atoms with Crippen LogP contribution in [0.15, 0.2) is 24.3 Å². The van der Waals surface area contributed by atoms with Gasteiger partial charge in [-0.15, -0.1) is 0 Å². The minimum Gasteiger partial charge on any atom is -0.504 e. The van der Waals surface area contributed by atoms with Crippen molar-refractivity contribution in [1.82, 2.24) is 0 Å². The van der Waals surface area contributed by atoms with Crippen LogP contribution in [0, 0.1) is 0 Å². The van der Waals surface area contributed by atoms with Crippen molar-refractivity contribution in [3.8, 4) is 23.0 Å². The lowest BCUT2D eigenvalue weighted by Crippen LogP contribution is -2.06. The van der Waals surface area contributed by atoms with E-state index in [1.807, 2.05) is 0 Å². The molecule has 0 bridgehead atoms. The highest BCUT2D eigenvalue weighted by Crippen LogP contribution is 2.35. The zero-order valence-electron chi connectivity index (χ0n) is 16.3. The molecule has 2 aromatic carbocycles. The average Bonchev–Trinajstić information content (AvgIpc) is 2.67. The number of aromatic carboxylic acids is 2. The molecule has 0 saturated carbocycles. The van der Waals surface area contributed by atoms with E-state index in [4.69, 9.17) is 9.47 Å². The molecule has 0 heterocycles. The van der Waals surface area contributed by atoms with E-state index < -0.39 is 11.9 Å². The highest BCUT2D eigenvalue weighted by molar-refractivity contribution is 5.91. The van der Waals surface area contributed by atoms with E-state index >= 15 is 0 Å². The van der Waals surface area contributed by atoms with Crippen molar-refractivity contribution >= 4 is 11.9 Å². The quantitative estimate of drug-likeness (QED) is 0.442. The maximum atomic E-state index is 11.4. The molecule has 0 saturated heterocycles. The van der Waals surface area contributed by atoms with Gasteiger partial charge in [-0.3, -0.25) is 0 Å². The van der Waals surface area contributed by atoms with E-state index in [1.165, 1.54) is 38.5 Å². The zero-order valence-corrected chi connectivity index (χ0v) is 16.3. The lowest BCUT2D eigenvalue weighted by molar-refractivity contribution is 0.0684. The van der Waals surface area contributed by atoms with Gasteiger partial charge in [0.25, 0.3) is 0 Å². The summed E-state index contributed by atoms with van der Waals surface area (Å²) in [5.74, 6) is -2.16. The average molecular weight is 404 g/mol. The summed E-state index contributed by atoms with van der Waals surface area (Å²) in [5, 5.41) is 38.5. The lowest BCUT2D eigenvalue weighted by atomic mass is 9.96. The molecule has 0 aromatic heterocycles. The molecular formula is C21H24O8. The molecule has 2 rings (SSSR count). The van der Waals surface area contributed by atoms with Crippen molar-refractivity contribution in [3.63, 3.8) is 0 Å². The second-order valence-corrected chi connectivity index (χ2v) is 6.46. The van der Waals surface area contributed by atoms with Gasteiger partial charge in [-0.2, -0.15) is 0 Å². The summed E-state index contributed by atoms with van der Waals surface area (Å²) >= 11 is 0. The number of hydrogen-bond donors (Lipinski definition) is 4. The first-order valence-corrected chi connectivity index (χ1v) is 9.06. The highest BCUT2D eigenvalue weighted by atomic mass is 16.5. The van der Waals surface area contributed by atoms with E-state index in [-0.39, 0.29) is 34.1 Å². The first-order chi connectivity index (χ1) is 13.8. The van der Waals surface area contributed by atoms with Gasteiger partial charge in [-0.05, 0) is 49.9 Å². The normalized spacial score (nSPS) is 10.6. The van der Waals surface area contributed by atoms with E-state index in [1.54, 1.807) is 0 Å². The fraction of sp³-hybridized carbons (Fsp3) is 0.333. The first-order valence-electron chi connectivity index (χ1n) is 9.06. The van der Waals surface area contributed by atoms with Gasteiger partial charge in [0.05, 0.1) is 25.3 Å². The molecule has 4 N–H and O–H groups in total. The van der Waals surface area contributed by atoms with Crippen LogP contribution < -0.4 is 9.47 Å². The zero-order chi connectivity index (χ0) is 21.6. The molecule has 8 nitrogen and oxygen atoms in total. The molecule has 0 atom stereocenters. The van der Waals surface area contributed by atoms with E-state index in [0.717, 1.165) is 0 Å². The van der Waals surface area contributed by atoms with Crippen molar-refractivity contribution in [3.05, 3.63) is 46.5 Å².